The summed E-state index contributed by atoms with van der Waals surface area (Å²) in [5.74, 6) is 0.538. The van der Waals surface area contributed by atoms with Gasteiger partial charge in [0, 0.05) is 45.0 Å². The van der Waals surface area contributed by atoms with Crippen molar-refractivity contribution in [1.29, 1.82) is 0 Å². The summed E-state index contributed by atoms with van der Waals surface area (Å²) in [7, 11) is -3.60. The molecule has 1 aromatic heterocycles. The normalized spacial score (nSPS) is 15.0. The van der Waals surface area contributed by atoms with Gasteiger partial charge in [-0.2, -0.15) is 4.31 Å². The van der Waals surface area contributed by atoms with E-state index in [0.717, 1.165) is 5.56 Å². The second kappa shape index (κ2) is 9.82. The van der Waals surface area contributed by atoms with E-state index in [-0.39, 0.29) is 36.3 Å². The molecule has 8 nitrogen and oxygen atoms in total. The number of rotatable bonds is 8. The second-order valence-electron chi connectivity index (χ2n) is 7.11. The fraction of sp³-hybridized carbons (Fsp3) is 0.381. The van der Waals surface area contributed by atoms with Gasteiger partial charge in [-0.15, -0.1) is 0 Å². The summed E-state index contributed by atoms with van der Waals surface area (Å²) in [6.07, 6.45) is 4.03. The first-order chi connectivity index (χ1) is 14.4. The Balaban J connectivity index is 1.47. The summed E-state index contributed by atoms with van der Waals surface area (Å²) in [6.45, 7) is 2.54. The molecule has 1 amide bonds. The van der Waals surface area contributed by atoms with Gasteiger partial charge in [0.25, 0.3) is 5.91 Å². The summed E-state index contributed by atoms with van der Waals surface area (Å²) in [5, 5.41) is 0. The first-order valence-electron chi connectivity index (χ1n) is 9.75. The van der Waals surface area contributed by atoms with Crippen LogP contribution in [0, 0.1) is 0 Å². The molecule has 0 aliphatic carbocycles. The Hall–Kier alpha value is -2.78. The highest BCUT2D eigenvalue weighted by molar-refractivity contribution is 7.89. The lowest BCUT2D eigenvalue weighted by Gasteiger charge is -2.33. The van der Waals surface area contributed by atoms with Gasteiger partial charge in [-0.05, 0) is 43.2 Å². The van der Waals surface area contributed by atoms with Crippen molar-refractivity contribution in [3.8, 4) is 5.75 Å². The van der Waals surface area contributed by atoms with E-state index in [1.54, 1.807) is 30.0 Å². The summed E-state index contributed by atoms with van der Waals surface area (Å²) < 4.78 is 32.2. The zero-order valence-electron chi connectivity index (χ0n) is 16.9. The molecule has 0 unspecified atom stereocenters. The SMILES string of the molecule is CC(=O)CCc1ccc(OCC(=O)N2CCN(S(=O)(=O)c3cccnc3)CC2)cc1. The van der Waals surface area contributed by atoms with E-state index >= 15 is 0 Å². The number of amides is 1. The Morgan fingerprint density at radius 2 is 1.77 bits per heavy atom. The predicted molar refractivity (Wildman–Crippen MR) is 111 cm³/mol. The predicted octanol–water partition coefficient (Wildman–Crippen LogP) is 1.52. The Bertz CT molecular complexity index is 969. The van der Waals surface area contributed by atoms with Crippen LogP contribution in [-0.4, -0.2) is 67.1 Å². The Morgan fingerprint density at radius 3 is 2.37 bits per heavy atom. The minimum atomic E-state index is -3.60. The number of sulfonamides is 1. The maximum Gasteiger partial charge on any atom is 0.260 e. The third kappa shape index (κ3) is 5.64. The minimum Gasteiger partial charge on any atom is -0.484 e. The zero-order valence-corrected chi connectivity index (χ0v) is 17.7. The topological polar surface area (TPSA) is 96.9 Å². The van der Waals surface area contributed by atoms with Crippen LogP contribution < -0.4 is 4.74 Å². The number of hydrogen-bond donors (Lipinski definition) is 0. The van der Waals surface area contributed by atoms with Crippen molar-refractivity contribution in [2.24, 2.45) is 0 Å². The van der Waals surface area contributed by atoms with Crippen LogP contribution in [0.3, 0.4) is 0 Å². The van der Waals surface area contributed by atoms with Crippen molar-refractivity contribution in [3.63, 3.8) is 0 Å². The fourth-order valence-corrected chi connectivity index (χ4v) is 4.52. The van der Waals surface area contributed by atoms with Gasteiger partial charge in [-0.25, -0.2) is 8.42 Å². The Kier molecular flexibility index (Phi) is 7.17. The van der Waals surface area contributed by atoms with Gasteiger partial charge in [-0.1, -0.05) is 12.1 Å². The van der Waals surface area contributed by atoms with E-state index in [1.165, 1.54) is 22.8 Å². The molecular weight excluding hydrogens is 406 g/mol. The van der Waals surface area contributed by atoms with E-state index in [4.69, 9.17) is 4.74 Å². The van der Waals surface area contributed by atoms with Crippen LogP contribution in [0.2, 0.25) is 0 Å². The molecule has 1 aromatic carbocycles. The zero-order chi connectivity index (χ0) is 21.6. The van der Waals surface area contributed by atoms with Crippen molar-refractivity contribution in [3.05, 3.63) is 54.4 Å². The molecular formula is C21H25N3O5S. The molecule has 2 aromatic rings. The van der Waals surface area contributed by atoms with E-state index in [9.17, 15) is 18.0 Å². The molecule has 1 fully saturated rings. The number of ether oxygens (including phenoxy) is 1. The molecule has 0 spiro atoms. The van der Waals surface area contributed by atoms with Crippen LogP contribution in [0.25, 0.3) is 0 Å². The first kappa shape index (κ1) is 21.9. The van der Waals surface area contributed by atoms with E-state index in [2.05, 4.69) is 4.98 Å². The molecule has 1 aliphatic heterocycles. The molecule has 1 saturated heterocycles. The highest BCUT2D eigenvalue weighted by atomic mass is 32.2. The number of nitrogens with zero attached hydrogens (tertiary/aromatic N) is 3. The van der Waals surface area contributed by atoms with Gasteiger partial charge < -0.3 is 14.4 Å². The van der Waals surface area contributed by atoms with Crippen LogP contribution in [0.5, 0.6) is 5.75 Å². The molecule has 160 valence electrons. The van der Waals surface area contributed by atoms with Crippen LogP contribution in [-0.2, 0) is 26.0 Å². The number of carbonyl (C=O) groups is 2. The quantitative estimate of drug-likeness (QED) is 0.629. The Labute approximate surface area is 176 Å². The molecule has 0 saturated carbocycles. The molecule has 0 atom stereocenters. The summed E-state index contributed by atoms with van der Waals surface area (Å²) in [6, 6.07) is 10.4. The molecule has 9 heteroatoms. The summed E-state index contributed by atoms with van der Waals surface area (Å²) in [4.78, 5) is 29.1. The van der Waals surface area contributed by atoms with Crippen LogP contribution in [0.4, 0.5) is 0 Å². The number of benzene rings is 1. The molecule has 1 aliphatic rings. The standard InChI is InChI=1S/C21H25N3O5S/c1-17(25)4-5-18-6-8-19(9-7-18)29-16-21(26)23-11-13-24(14-12-23)30(27,28)20-3-2-10-22-15-20/h2-3,6-10,15H,4-5,11-14,16H2,1H3. The van der Waals surface area contributed by atoms with Crippen molar-refractivity contribution in [2.45, 2.75) is 24.7 Å². The molecule has 2 heterocycles. The van der Waals surface area contributed by atoms with Crippen molar-refractivity contribution >= 4 is 21.7 Å². The van der Waals surface area contributed by atoms with Crippen LogP contribution in [0.15, 0.2) is 53.7 Å². The highest BCUT2D eigenvalue weighted by Crippen LogP contribution is 2.17. The molecule has 3 rings (SSSR count). The number of Topliss-reactive ketones (excluding diaryl/α,β-unsaturated/α-hetero) is 1. The molecule has 30 heavy (non-hydrogen) atoms. The van der Waals surface area contributed by atoms with Crippen LogP contribution in [0.1, 0.15) is 18.9 Å². The van der Waals surface area contributed by atoms with Gasteiger partial charge in [0.05, 0.1) is 0 Å². The van der Waals surface area contributed by atoms with Crippen molar-refractivity contribution in [1.82, 2.24) is 14.2 Å². The third-order valence-corrected chi connectivity index (χ3v) is 6.80. The average Bonchev–Trinajstić information content (AvgIpc) is 2.77. The maximum absolute atomic E-state index is 12.6. The fourth-order valence-electron chi connectivity index (χ4n) is 3.14. The largest absolute Gasteiger partial charge is 0.484 e. The lowest BCUT2D eigenvalue weighted by molar-refractivity contribution is -0.134. The Morgan fingerprint density at radius 1 is 1.07 bits per heavy atom. The number of hydrogen-bond acceptors (Lipinski definition) is 6. The maximum atomic E-state index is 12.6. The highest BCUT2D eigenvalue weighted by Gasteiger charge is 2.30. The third-order valence-electron chi connectivity index (χ3n) is 4.91. The molecule has 0 radical (unpaired) electrons. The van der Waals surface area contributed by atoms with Gasteiger partial charge in [0.2, 0.25) is 10.0 Å². The number of ketones is 1. The lowest BCUT2D eigenvalue weighted by atomic mass is 10.1. The minimum absolute atomic E-state index is 0.109. The molecule has 0 bridgehead atoms. The summed E-state index contributed by atoms with van der Waals surface area (Å²) in [5.41, 5.74) is 1.04. The van der Waals surface area contributed by atoms with E-state index in [1.807, 2.05) is 12.1 Å². The number of piperazine rings is 1. The van der Waals surface area contributed by atoms with E-state index in [0.29, 0.717) is 31.7 Å². The number of pyridine rings is 1. The average molecular weight is 432 g/mol. The van der Waals surface area contributed by atoms with Gasteiger partial charge >= 0.3 is 0 Å². The van der Waals surface area contributed by atoms with Gasteiger partial charge in [0.15, 0.2) is 6.61 Å². The number of aryl methyl sites for hydroxylation is 1. The van der Waals surface area contributed by atoms with Gasteiger partial charge in [-0.3, -0.25) is 9.78 Å². The monoisotopic (exact) mass is 431 g/mol. The lowest BCUT2D eigenvalue weighted by Crippen LogP contribution is -2.51. The smallest absolute Gasteiger partial charge is 0.260 e. The number of aromatic nitrogens is 1. The first-order valence-corrected chi connectivity index (χ1v) is 11.2. The van der Waals surface area contributed by atoms with Crippen molar-refractivity contribution < 1.29 is 22.7 Å². The summed E-state index contributed by atoms with van der Waals surface area (Å²) >= 11 is 0. The number of carbonyl (C=O) groups excluding carboxylic acids is 2. The van der Waals surface area contributed by atoms with E-state index < -0.39 is 10.0 Å². The van der Waals surface area contributed by atoms with Crippen molar-refractivity contribution in [2.75, 3.05) is 32.8 Å². The van der Waals surface area contributed by atoms with Crippen LogP contribution >= 0.6 is 0 Å². The molecule has 0 N–H and O–H groups in total. The second-order valence-corrected chi connectivity index (χ2v) is 9.05. The van der Waals surface area contributed by atoms with Gasteiger partial charge in [0.1, 0.15) is 16.4 Å².